The summed E-state index contributed by atoms with van der Waals surface area (Å²) in [6.07, 6.45) is 0. The van der Waals surface area contributed by atoms with E-state index < -0.39 is 10.5 Å². The van der Waals surface area contributed by atoms with E-state index in [4.69, 9.17) is 23.2 Å². The lowest BCUT2D eigenvalue weighted by atomic mass is 9.82. The highest BCUT2D eigenvalue weighted by molar-refractivity contribution is 6.39. The van der Waals surface area contributed by atoms with Gasteiger partial charge in [0.2, 0.25) is 0 Å². The number of nitro groups is 1. The first-order valence-corrected chi connectivity index (χ1v) is 6.61. The zero-order chi connectivity index (χ0) is 14.4. The second-order valence-electron chi connectivity index (χ2n) is 5.13. The summed E-state index contributed by atoms with van der Waals surface area (Å²) in [6.45, 7) is 4.72. The average molecular weight is 305 g/mol. The zero-order valence-electron chi connectivity index (χ0n) is 10.6. The highest BCUT2D eigenvalue weighted by atomic mass is 35.5. The highest BCUT2D eigenvalue weighted by Gasteiger charge is 2.45. The first-order valence-electron chi connectivity index (χ1n) is 5.85. The van der Waals surface area contributed by atoms with Gasteiger partial charge in [0.1, 0.15) is 5.60 Å². The van der Waals surface area contributed by atoms with E-state index in [0.717, 1.165) is 0 Å². The lowest BCUT2D eigenvalue weighted by molar-refractivity contribution is -0.384. The number of hydrogen-bond acceptors (Lipinski definition) is 4. The molecule has 1 N–H and O–H groups in total. The van der Waals surface area contributed by atoms with Crippen molar-refractivity contribution in [2.75, 3.05) is 18.0 Å². The molecule has 19 heavy (non-hydrogen) atoms. The van der Waals surface area contributed by atoms with Crippen LogP contribution >= 0.6 is 23.2 Å². The van der Waals surface area contributed by atoms with Gasteiger partial charge in [-0.15, -0.1) is 0 Å². The second-order valence-corrected chi connectivity index (χ2v) is 5.94. The first-order chi connectivity index (χ1) is 8.74. The van der Waals surface area contributed by atoms with Crippen LogP contribution < -0.4 is 4.90 Å². The monoisotopic (exact) mass is 304 g/mol. The van der Waals surface area contributed by atoms with E-state index in [1.807, 2.05) is 18.7 Å². The molecule has 0 unspecified atom stereocenters. The topological polar surface area (TPSA) is 66.6 Å². The Hall–Kier alpha value is -1.04. The molecule has 0 saturated carbocycles. The summed E-state index contributed by atoms with van der Waals surface area (Å²) < 4.78 is 0. The molecule has 1 aliphatic heterocycles. The van der Waals surface area contributed by atoms with Crippen LogP contribution in [0, 0.1) is 16.0 Å². The van der Waals surface area contributed by atoms with Crippen LogP contribution in [-0.4, -0.2) is 28.7 Å². The van der Waals surface area contributed by atoms with Crippen molar-refractivity contribution in [3.05, 3.63) is 32.3 Å². The molecule has 7 heteroatoms. The third-order valence-corrected chi connectivity index (χ3v) is 4.11. The van der Waals surface area contributed by atoms with Crippen molar-refractivity contribution in [1.29, 1.82) is 0 Å². The summed E-state index contributed by atoms with van der Waals surface area (Å²) in [5.41, 5.74) is -0.355. The molecule has 0 aliphatic carbocycles. The fourth-order valence-electron chi connectivity index (χ4n) is 2.10. The fraction of sp³-hybridized carbons (Fsp3) is 0.500. The van der Waals surface area contributed by atoms with Crippen molar-refractivity contribution >= 4 is 34.6 Å². The SMILES string of the molecule is CC(C)C1(O)CN(c2c(Cl)cc([N+](=O)[O-])cc2Cl)C1. The lowest BCUT2D eigenvalue weighted by Gasteiger charge is -2.50. The number of halogens is 2. The molecule has 0 radical (unpaired) electrons. The van der Waals surface area contributed by atoms with Crippen molar-refractivity contribution in [2.24, 2.45) is 5.92 Å². The third kappa shape index (κ3) is 2.50. The standard InChI is InChI=1S/C12H14Cl2N2O3/c1-7(2)12(17)5-15(6-12)11-9(13)3-8(16(18)19)4-10(11)14/h3-4,7,17H,5-6H2,1-2H3. The van der Waals surface area contributed by atoms with Gasteiger partial charge >= 0.3 is 0 Å². The van der Waals surface area contributed by atoms with Gasteiger partial charge in [-0.25, -0.2) is 0 Å². The molecule has 0 atom stereocenters. The number of nitro benzene ring substituents is 1. The first kappa shape index (κ1) is 14.4. The van der Waals surface area contributed by atoms with Gasteiger partial charge in [0.25, 0.3) is 5.69 Å². The van der Waals surface area contributed by atoms with Gasteiger partial charge in [0.05, 0.1) is 20.7 Å². The van der Waals surface area contributed by atoms with Crippen LogP contribution in [0.4, 0.5) is 11.4 Å². The normalized spacial score (nSPS) is 17.5. The predicted octanol–water partition coefficient (Wildman–Crippen LogP) is 3.11. The molecule has 0 amide bonds. The summed E-state index contributed by atoms with van der Waals surface area (Å²) in [5, 5.41) is 21.4. The quantitative estimate of drug-likeness (QED) is 0.688. The summed E-state index contributed by atoms with van der Waals surface area (Å²) in [5.74, 6) is 0.124. The maximum Gasteiger partial charge on any atom is 0.272 e. The van der Waals surface area contributed by atoms with Gasteiger partial charge in [-0.2, -0.15) is 0 Å². The number of non-ortho nitro benzene ring substituents is 1. The van der Waals surface area contributed by atoms with E-state index in [2.05, 4.69) is 0 Å². The fourth-order valence-corrected chi connectivity index (χ4v) is 2.81. The zero-order valence-corrected chi connectivity index (χ0v) is 12.1. The Balaban J connectivity index is 2.27. The number of nitrogens with zero attached hydrogens (tertiary/aromatic N) is 2. The predicted molar refractivity (Wildman–Crippen MR) is 75.1 cm³/mol. The summed E-state index contributed by atoms with van der Waals surface area (Å²) in [4.78, 5) is 12.0. The van der Waals surface area contributed by atoms with Gasteiger partial charge < -0.3 is 10.0 Å². The summed E-state index contributed by atoms with van der Waals surface area (Å²) in [6, 6.07) is 2.55. The Morgan fingerprint density at radius 1 is 1.37 bits per heavy atom. The van der Waals surface area contributed by atoms with E-state index in [1.54, 1.807) is 0 Å². The lowest BCUT2D eigenvalue weighted by Crippen LogP contribution is -2.64. The Morgan fingerprint density at radius 2 is 1.84 bits per heavy atom. The Bertz CT molecular complexity index is 505. The third-order valence-electron chi connectivity index (χ3n) is 3.53. The molecule has 1 heterocycles. The second kappa shape index (κ2) is 4.81. The van der Waals surface area contributed by atoms with Crippen LogP contribution in [0.2, 0.25) is 10.0 Å². The molecule has 1 fully saturated rings. The smallest absolute Gasteiger partial charge is 0.272 e. The van der Waals surface area contributed by atoms with Crippen molar-refractivity contribution in [2.45, 2.75) is 19.4 Å². The molecule has 1 aliphatic rings. The van der Waals surface area contributed by atoms with E-state index in [1.165, 1.54) is 12.1 Å². The van der Waals surface area contributed by atoms with Crippen molar-refractivity contribution in [3.8, 4) is 0 Å². The van der Waals surface area contributed by atoms with Crippen molar-refractivity contribution in [1.82, 2.24) is 0 Å². The number of hydrogen-bond donors (Lipinski definition) is 1. The van der Waals surface area contributed by atoms with Crippen LogP contribution in [0.5, 0.6) is 0 Å². The summed E-state index contributed by atoms with van der Waals surface area (Å²) in [7, 11) is 0. The maximum atomic E-state index is 10.7. The minimum atomic E-state index is -0.756. The highest BCUT2D eigenvalue weighted by Crippen LogP contribution is 2.42. The van der Waals surface area contributed by atoms with E-state index in [9.17, 15) is 15.2 Å². The Labute approximate surface area is 120 Å². The number of aliphatic hydroxyl groups is 1. The van der Waals surface area contributed by atoms with Gasteiger partial charge in [0, 0.05) is 25.2 Å². The van der Waals surface area contributed by atoms with Gasteiger partial charge in [-0.3, -0.25) is 10.1 Å². The van der Waals surface area contributed by atoms with Crippen molar-refractivity contribution < 1.29 is 10.0 Å². The van der Waals surface area contributed by atoms with Crippen LogP contribution in [0.15, 0.2) is 12.1 Å². The molecule has 0 bridgehead atoms. The minimum absolute atomic E-state index is 0.124. The Morgan fingerprint density at radius 3 is 2.21 bits per heavy atom. The molecule has 1 aromatic rings. The van der Waals surface area contributed by atoms with E-state index >= 15 is 0 Å². The van der Waals surface area contributed by atoms with E-state index in [0.29, 0.717) is 18.8 Å². The molecule has 1 saturated heterocycles. The molecule has 5 nitrogen and oxygen atoms in total. The van der Waals surface area contributed by atoms with Crippen LogP contribution in [0.3, 0.4) is 0 Å². The maximum absolute atomic E-state index is 10.7. The van der Waals surface area contributed by atoms with Gasteiger partial charge in [0.15, 0.2) is 0 Å². The molecule has 1 aromatic carbocycles. The Kier molecular flexibility index (Phi) is 3.64. The van der Waals surface area contributed by atoms with Crippen molar-refractivity contribution in [3.63, 3.8) is 0 Å². The summed E-state index contributed by atoms with van der Waals surface area (Å²) >= 11 is 12.1. The molecule has 0 spiro atoms. The molecule has 2 rings (SSSR count). The minimum Gasteiger partial charge on any atom is -0.386 e. The largest absolute Gasteiger partial charge is 0.386 e. The molecular formula is C12H14Cl2N2O3. The van der Waals surface area contributed by atoms with Gasteiger partial charge in [-0.05, 0) is 5.92 Å². The van der Waals surface area contributed by atoms with Crippen LogP contribution in [0.1, 0.15) is 13.8 Å². The van der Waals surface area contributed by atoms with Gasteiger partial charge in [-0.1, -0.05) is 37.0 Å². The molecule has 0 aromatic heterocycles. The average Bonchev–Trinajstić information content (AvgIpc) is 2.24. The molecule has 104 valence electrons. The van der Waals surface area contributed by atoms with Crippen LogP contribution in [0.25, 0.3) is 0 Å². The number of anilines is 1. The number of benzene rings is 1. The van der Waals surface area contributed by atoms with Crippen LogP contribution in [-0.2, 0) is 0 Å². The van der Waals surface area contributed by atoms with E-state index in [-0.39, 0.29) is 21.7 Å². The number of β-amino-alcohol motifs (C(OH)–C–C–N with tert-alkyl or cyclic N) is 1. The number of rotatable bonds is 3. The molecular weight excluding hydrogens is 291 g/mol.